The molecule has 2 amide bonds. The molecule has 8 heteroatoms. The van der Waals surface area contributed by atoms with Crippen LogP contribution in [-0.2, 0) is 4.79 Å². The van der Waals surface area contributed by atoms with Gasteiger partial charge in [-0.3, -0.25) is 14.4 Å². The van der Waals surface area contributed by atoms with Gasteiger partial charge in [-0.25, -0.2) is 4.98 Å². The van der Waals surface area contributed by atoms with Crippen molar-refractivity contribution in [2.24, 2.45) is 0 Å². The van der Waals surface area contributed by atoms with Gasteiger partial charge in [-0.2, -0.15) is 0 Å². The molecule has 0 bridgehead atoms. The Hall–Kier alpha value is -3.16. The number of benzene rings is 1. The van der Waals surface area contributed by atoms with E-state index in [9.17, 15) is 14.4 Å². The molecule has 1 heterocycles. The first kappa shape index (κ1) is 14.3. The minimum atomic E-state index is -1.12. The number of aromatic nitrogens is 2. The Morgan fingerprint density at radius 1 is 1.14 bits per heavy atom. The molecule has 108 valence electrons. The van der Waals surface area contributed by atoms with Crippen LogP contribution < -0.4 is 10.6 Å². The number of aliphatic carboxylic acids is 1. The molecule has 2 aromatic rings. The van der Waals surface area contributed by atoms with Crippen molar-refractivity contribution in [3.05, 3.63) is 48.0 Å². The molecule has 0 fully saturated rings. The van der Waals surface area contributed by atoms with Crippen molar-refractivity contribution < 1.29 is 19.5 Å². The largest absolute Gasteiger partial charge is 0.480 e. The highest BCUT2D eigenvalue weighted by atomic mass is 16.4. The molecule has 0 saturated heterocycles. The Balaban J connectivity index is 1.97. The van der Waals surface area contributed by atoms with Crippen molar-refractivity contribution >= 4 is 23.5 Å². The number of rotatable bonds is 5. The fraction of sp³-hybridized carbons (Fsp3) is 0.0769. The second-order valence-corrected chi connectivity index (χ2v) is 4.07. The van der Waals surface area contributed by atoms with E-state index < -0.39 is 18.4 Å². The summed E-state index contributed by atoms with van der Waals surface area (Å²) in [6, 6.07) is 6.06. The lowest BCUT2D eigenvalue weighted by Gasteiger charge is -2.05. The van der Waals surface area contributed by atoms with Gasteiger partial charge in [0.05, 0.1) is 12.5 Å². The minimum absolute atomic E-state index is 0.302. The number of hydrogen-bond acceptors (Lipinski definition) is 4. The molecular weight excluding hydrogens is 276 g/mol. The van der Waals surface area contributed by atoms with Gasteiger partial charge >= 0.3 is 5.97 Å². The monoisotopic (exact) mass is 288 g/mol. The number of amides is 2. The zero-order valence-electron chi connectivity index (χ0n) is 10.8. The van der Waals surface area contributed by atoms with Crippen molar-refractivity contribution in [3.8, 4) is 0 Å². The first-order chi connectivity index (χ1) is 10.1. The van der Waals surface area contributed by atoms with E-state index in [-0.39, 0.29) is 5.91 Å². The molecule has 1 aromatic heterocycles. The molecule has 2 rings (SSSR count). The number of aromatic amines is 1. The van der Waals surface area contributed by atoms with Gasteiger partial charge in [-0.1, -0.05) is 0 Å². The van der Waals surface area contributed by atoms with E-state index >= 15 is 0 Å². The molecule has 0 aliphatic carbocycles. The predicted molar refractivity (Wildman–Crippen MR) is 73.0 cm³/mol. The fourth-order valence-corrected chi connectivity index (χ4v) is 1.54. The van der Waals surface area contributed by atoms with Crippen LogP contribution in [-0.4, -0.2) is 39.4 Å². The van der Waals surface area contributed by atoms with Gasteiger partial charge in [-0.15, -0.1) is 0 Å². The van der Waals surface area contributed by atoms with Gasteiger partial charge in [0.25, 0.3) is 11.8 Å². The summed E-state index contributed by atoms with van der Waals surface area (Å²) >= 11 is 0. The minimum Gasteiger partial charge on any atom is -0.480 e. The summed E-state index contributed by atoms with van der Waals surface area (Å²) in [6.45, 7) is -0.447. The van der Waals surface area contributed by atoms with E-state index in [0.717, 1.165) is 0 Å². The number of hydrogen-bond donors (Lipinski definition) is 4. The number of nitrogens with one attached hydrogen (secondary N) is 3. The topological polar surface area (TPSA) is 124 Å². The van der Waals surface area contributed by atoms with Gasteiger partial charge in [-0.05, 0) is 24.3 Å². The molecule has 0 radical (unpaired) electrons. The molecule has 0 aliphatic heterocycles. The van der Waals surface area contributed by atoms with Gasteiger partial charge < -0.3 is 20.7 Å². The van der Waals surface area contributed by atoms with E-state index in [1.54, 1.807) is 12.1 Å². The quantitative estimate of drug-likeness (QED) is 0.637. The number of imidazole rings is 1. The predicted octanol–water partition coefficient (Wildman–Crippen LogP) is 0.476. The summed E-state index contributed by atoms with van der Waals surface area (Å²) in [4.78, 5) is 40.1. The molecule has 8 nitrogen and oxygen atoms in total. The maximum absolute atomic E-state index is 11.7. The zero-order valence-corrected chi connectivity index (χ0v) is 10.8. The van der Waals surface area contributed by atoms with E-state index in [1.807, 2.05) is 0 Å². The molecule has 21 heavy (non-hydrogen) atoms. The number of carbonyl (C=O) groups is 3. The SMILES string of the molecule is O=C(O)CNC(=O)c1ccc(NC(=O)c2cnc[nH]2)cc1. The van der Waals surface area contributed by atoms with Crippen LogP contribution in [0.4, 0.5) is 5.69 Å². The van der Waals surface area contributed by atoms with Gasteiger partial charge in [0.1, 0.15) is 12.2 Å². The van der Waals surface area contributed by atoms with E-state index in [4.69, 9.17) is 5.11 Å². The van der Waals surface area contributed by atoms with E-state index in [2.05, 4.69) is 20.6 Å². The number of anilines is 1. The van der Waals surface area contributed by atoms with Crippen LogP contribution >= 0.6 is 0 Å². The molecule has 0 aliphatic rings. The van der Waals surface area contributed by atoms with Crippen LogP contribution in [0.2, 0.25) is 0 Å². The Labute approximate surface area is 119 Å². The van der Waals surface area contributed by atoms with Crippen molar-refractivity contribution in [1.82, 2.24) is 15.3 Å². The molecule has 0 atom stereocenters. The third-order valence-corrected chi connectivity index (χ3v) is 2.55. The summed E-state index contributed by atoms with van der Waals surface area (Å²) in [5.74, 6) is -1.97. The summed E-state index contributed by atoms with van der Waals surface area (Å²) < 4.78 is 0. The van der Waals surface area contributed by atoms with Crippen LogP contribution in [0.25, 0.3) is 0 Å². The molecular formula is C13H12N4O4. The first-order valence-electron chi connectivity index (χ1n) is 5.96. The third-order valence-electron chi connectivity index (χ3n) is 2.55. The van der Waals surface area contributed by atoms with Crippen LogP contribution in [0.3, 0.4) is 0 Å². The average Bonchev–Trinajstić information content (AvgIpc) is 3.00. The molecule has 0 spiro atoms. The summed E-state index contributed by atoms with van der Waals surface area (Å²) in [6.07, 6.45) is 2.79. The zero-order chi connectivity index (χ0) is 15.2. The Morgan fingerprint density at radius 2 is 1.86 bits per heavy atom. The molecule has 0 saturated carbocycles. The van der Waals surface area contributed by atoms with Crippen LogP contribution in [0.1, 0.15) is 20.8 Å². The molecule has 4 N–H and O–H groups in total. The number of H-pyrrole nitrogens is 1. The molecule has 0 unspecified atom stereocenters. The lowest BCUT2D eigenvalue weighted by Crippen LogP contribution is -2.29. The van der Waals surface area contributed by atoms with Crippen LogP contribution in [0.5, 0.6) is 0 Å². The van der Waals surface area contributed by atoms with Gasteiger partial charge in [0, 0.05) is 11.3 Å². The first-order valence-corrected chi connectivity index (χ1v) is 5.96. The highest BCUT2D eigenvalue weighted by molar-refractivity contribution is 6.03. The fourth-order valence-electron chi connectivity index (χ4n) is 1.54. The lowest BCUT2D eigenvalue weighted by molar-refractivity contribution is -0.135. The van der Waals surface area contributed by atoms with Gasteiger partial charge in [0.15, 0.2) is 0 Å². The van der Waals surface area contributed by atoms with Crippen molar-refractivity contribution in [3.63, 3.8) is 0 Å². The van der Waals surface area contributed by atoms with Gasteiger partial charge in [0.2, 0.25) is 0 Å². The second kappa shape index (κ2) is 6.33. The normalized spacial score (nSPS) is 9.90. The standard InChI is InChI=1S/C13H12N4O4/c18-11(19)6-15-12(20)8-1-3-9(4-2-8)17-13(21)10-5-14-7-16-10/h1-5,7H,6H2,(H,14,16)(H,15,20)(H,17,21)(H,18,19). The Morgan fingerprint density at radius 3 is 2.43 bits per heavy atom. The van der Waals surface area contributed by atoms with E-state index in [0.29, 0.717) is 16.9 Å². The second-order valence-electron chi connectivity index (χ2n) is 4.07. The molecule has 1 aromatic carbocycles. The maximum Gasteiger partial charge on any atom is 0.322 e. The Kier molecular flexibility index (Phi) is 4.30. The van der Waals surface area contributed by atoms with Crippen molar-refractivity contribution in [1.29, 1.82) is 0 Å². The summed E-state index contributed by atoms with van der Waals surface area (Å²) in [5, 5.41) is 13.3. The van der Waals surface area contributed by atoms with Crippen LogP contribution in [0, 0.1) is 0 Å². The third kappa shape index (κ3) is 3.90. The van der Waals surface area contributed by atoms with Crippen molar-refractivity contribution in [2.45, 2.75) is 0 Å². The lowest BCUT2D eigenvalue weighted by atomic mass is 10.2. The highest BCUT2D eigenvalue weighted by Gasteiger charge is 2.09. The Bertz CT molecular complexity index is 649. The number of carboxylic acids is 1. The summed E-state index contributed by atoms with van der Waals surface area (Å²) in [5.41, 5.74) is 1.12. The van der Waals surface area contributed by atoms with Crippen molar-refractivity contribution in [2.75, 3.05) is 11.9 Å². The number of nitrogens with zero attached hydrogens (tertiary/aromatic N) is 1. The number of carboxylic acid groups (broad SMARTS) is 1. The van der Waals surface area contributed by atoms with Crippen LogP contribution in [0.15, 0.2) is 36.8 Å². The maximum atomic E-state index is 11.7. The highest BCUT2D eigenvalue weighted by Crippen LogP contribution is 2.10. The number of carbonyl (C=O) groups excluding carboxylic acids is 2. The average molecular weight is 288 g/mol. The smallest absolute Gasteiger partial charge is 0.322 e. The van der Waals surface area contributed by atoms with E-state index in [1.165, 1.54) is 24.7 Å². The summed E-state index contributed by atoms with van der Waals surface area (Å²) in [7, 11) is 0.